The highest BCUT2D eigenvalue weighted by Crippen LogP contribution is 2.19. The molecule has 0 saturated heterocycles. The van der Waals surface area contributed by atoms with E-state index in [9.17, 15) is 4.79 Å². The van der Waals surface area contributed by atoms with Gasteiger partial charge in [-0.1, -0.05) is 6.07 Å². The first-order valence-corrected chi connectivity index (χ1v) is 6.98. The lowest BCUT2D eigenvalue weighted by Crippen LogP contribution is -2.22. The van der Waals surface area contributed by atoms with Crippen LogP contribution in [0, 0.1) is 0 Å². The Morgan fingerprint density at radius 2 is 2.10 bits per heavy atom. The van der Waals surface area contributed by atoms with Crippen LogP contribution in [-0.4, -0.2) is 29.9 Å². The normalized spacial score (nSPS) is 11.0. The van der Waals surface area contributed by atoms with Gasteiger partial charge >= 0.3 is 5.69 Å². The highest BCUT2D eigenvalue weighted by molar-refractivity contribution is 7.99. The predicted octanol–water partition coefficient (Wildman–Crippen LogP) is 0.660. The van der Waals surface area contributed by atoms with E-state index in [1.165, 1.54) is 20.8 Å². The summed E-state index contributed by atoms with van der Waals surface area (Å²) in [6, 6.07) is 5.45. The number of aromatic nitrogens is 5. The molecule has 3 aromatic rings. The van der Waals surface area contributed by atoms with Crippen molar-refractivity contribution in [2.24, 2.45) is 0 Å². The molecule has 7 nitrogen and oxygen atoms in total. The zero-order chi connectivity index (χ0) is 13.9. The molecule has 0 aliphatic carbocycles. The van der Waals surface area contributed by atoms with Gasteiger partial charge in [0.1, 0.15) is 5.03 Å². The van der Waals surface area contributed by atoms with E-state index in [1.54, 1.807) is 30.7 Å². The van der Waals surface area contributed by atoms with Gasteiger partial charge in [-0.3, -0.25) is 4.40 Å². The maximum Gasteiger partial charge on any atom is 0.350 e. The second kappa shape index (κ2) is 5.33. The molecule has 0 bridgehead atoms. The molecule has 0 amide bonds. The largest absolute Gasteiger partial charge is 0.381 e. The molecule has 0 fully saturated rings. The zero-order valence-corrected chi connectivity index (χ0v) is 11.3. The fourth-order valence-electron chi connectivity index (χ4n) is 1.79. The Bertz CT molecular complexity index is 796. The van der Waals surface area contributed by atoms with Crippen LogP contribution in [0.5, 0.6) is 0 Å². The molecule has 3 aromatic heterocycles. The molecule has 0 spiro atoms. The number of thioether (sulfide) groups is 1. The Balaban J connectivity index is 1.73. The van der Waals surface area contributed by atoms with E-state index in [0.29, 0.717) is 28.8 Å². The standard InChI is InChI=1S/C12H12N6OS/c13-10-11(15-5-4-14-10)20-8-7-18-12(19)17-6-2-1-3-9(17)16-18/h1-6H,7-8H2,(H2,13,14). The Hall–Kier alpha value is -2.35. The van der Waals surface area contributed by atoms with Gasteiger partial charge in [0, 0.05) is 24.3 Å². The minimum absolute atomic E-state index is 0.145. The van der Waals surface area contributed by atoms with E-state index in [-0.39, 0.29) is 5.69 Å². The van der Waals surface area contributed by atoms with E-state index < -0.39 is 0 Å². The first-order chi connectivity index (χ1) is 9.75. The van der Waals surface area contributed by atoms with Gasteiger partial charge in [-0.05, 0) is 12.1 Å². The Morgan fingerprint density at radius 3 is 2.90 bits per heavy atom. The van der Waals surface area contributed by atoms with Gasteiger partial charge in [0.15, 0.2) is 11.5 Å². The van der Waals surface area contributed by atoms with Crippen molar-refractivity contribution in [3.63, 3.8) is 0 Å². The number of hydrogen-bond acceptors (Lipinski definition) is 6. The first kappa shape index (κ1) is 12.7. The molecule has 20 heavy (non-hydrogen) atoms. The maximum atomic E-state index is 12.0. The van der Waals surface area contributed by atoms with E-state index in [1.807, 2.05) is 6.07 Å². The highest BCUT2D eigenvalue weighted by atomic mass is 32.2. The summed E-state index contributed by atoms with van der Waals surface area (Å²) in [5.74, 6) is 1.05. The summed E-state index contributed by atoms with van der Waals surface area (Å²) in [6.45, 7) is 0.487. The number of aryl methyl sites for hydroxylation is 1. The maximum absolute atomic E-state index is 12.0. The van der Waals surface area contributed by atoms with Gasteiger partial charge in [-0.25, -0.2) is 19.4 Å². The lowest BCUT2D eigenvalue weighted by atomic mass is 10.5. The lowest BCUT2D eigenvalue weighted by molar-refractivity contribution is 0.639. The summed E-state index contributed by atoms with van der Waals surface area (Å²) >= 11 is 1.45. The quantitative estimate of drug-likeness (QED) is 0.709. The average molecular weight is 288 g/mol. The molecule has 3 heterocycles. The molecule has 0 unspecified atom stereocenters. The minimum Gasteiger partial charge on any atom is -0.381 e. The number of hydrogen-bond donors (Lipinski definition) is 1. The second-order valence-corrected chi connectivity index (χ2v) is 5.11. The van der Waals surface area contributed by atoms with Gasteiger partial charge in [0.05, 0.1) is 6.54 Å². The van der Waals surface area contributed by atoms with E-state index in [4.69, 9.17) is 5.73 Å². The molecule has 0 aliphatic heterocycles. The number of fused-ring (bicyclic) bond motifs is 1. The third-order valence-corrected chi connectivity index (χ3v) is 3.70. The van der Waals surface area contributed by atoms with Crippen molar-refractivity contribution < 1.29 is 0 Å². The average Bonchev–Trinajstić information content (AvgIpc) is 2.78. The number of rotatable bonds is 4. The Morgan fingerprint density at radius 1 is 1.25 bits per heavy atom. The fraction of sp³-hybridized carbons (Fsp3) is 0.167. The predicted molar refractivity (Wildman–Crippen MR) is 76.6 cm³/mol. The molecule has 3 rings (SSSR count). The van der Waals surface area contributed by atoms with Crippen LogP contribution < -0.4 is 11.4 Å². The van der Waals surface area contributed by atoms with Crippen molar-refractivity contribution in [3.8, 4) is 0 Å². The van der Waals surface area contributed by atoms with Crippen molar-refractivity contribution in [3.05, 3.63) is 47.3 Å². The fourth-order valence-corrected chi connectivity index (χ4v) is 2.58. The smallest absolute Gasteiger partial charge is 0.350 e. The number of nitrogens with zero attached hydrogens (tertiary/aromatic N) is 5. The second-order valence-electron chi connectivity index (χ2n) is 4.03. The lowest BCUT2D eigenvalue weighted by Gasteiger charge is -2.02. The van der Waals surface area contributed by atoms with Crippen LogP contribution in [0.1, 0.15) is 0 Å². The third kappa shape index (κ3) is 2.37. The Kier molecular flexibility index (Phi) is 3.38. The van der Waals surface area contributed by atoms with Gasteiger partial charge in [0.25, 0.3) is 0 Å². The summed E-state index contributed by atoms with van der Waals surface area (Å²) in [5.41, 5.74) is 6.20. The molecule has 0 saturated carbocycles. The highest BCUT2D eigenvalue weighted by Gasteiger charge is 2.07. The van der Waals surface area contributed by atoms with Gasteiger partial charge in [0.2, 0.25) is 0 Å². The molecule has 0 aromatic carbocycles. The number of nitrogens with two attached hydrogens (primary N) is 1. The molecule has 0 aliphatic rings. The van der Waals surface area contributed by atoms with E-state index in [2.05, 4.69) is 15.1 Å². The van der Waals surface area contributed by atoms with E-state index in [0.717, 1.165) is 0 Å². The molecule has 0 atom stereocenters. The van der Waals surface area contributed by atoms with Gasteiger partial charge in [-0.15, -0.1) is 16.9 Å². The van der Waals surface area contributed by atoms with Crippen LogP contribution in [0.25, 0.3) is 5.65 Å². The van der Waals surface area contributed by atoms with Crippen molar-refractivity contribution in [1.82, 2.24) is 24.1 Å². The Labute approximate surface area is 118 Å². The number of pyridine rings is 1. The zero-order valence-electron chi connectivity index (χ0n) is 10.5. The van der Waals surface area contributed by atoms with Crippen LogP contribution in [0.3, 0.4) is 0 Å². The first-order valence-electron chi connectivity index (χ1n) is 5.99. The van der Waals surface area contributed by atoms with Crippen molar-refractivity contribution in [2.75, 3.05) is 11.5 Å². The number of nitrogen functional groups attached to an aromatic ring is 1. The van der Waals surface area contributed by atoms with Crippen LogP contribution in [0.4, 0.5) is 5.82 Å². The van der Waals surface area contributed by atoms with Gasteiger partial charge in [-0.2, -0.15) is 0 Å². The summed E-state index contributed by atoms with van der Waals surface area (Å²) < 4.78 is 2.95. The number of anilines is 1. The molecule has 2 N–H and O–H groups in total. The summed E-state index contributed by atoms with van der Waals surface area (Å²) in [6.07, 6.45) is 4.84. The molecule has 8 heteroatoms. The minimum atomic E-state index is -0.145. The molecule has 0 radical (unpaired) electrons. The van der Waals surface area contributed by atoms with Crippen molar-refractivity contribution >= 4 is 23.2 Å². The van der Waals surface area contributed by atoms with Crippen LogP contribution >= 0.6 is 11.8 Å². The topological polar surface area (TPSA) is 91.1 Å². The summed E-state index contributed by atoms with van der Waals surface area (Å²) in [5, 5.41) is 4.92. The van der Waals surface area contributed by atoms with E-state index >= 15 is 0 Å². The summed E-state index contributed by atoms with van der Waals surface area (Å²) in [4.78, 5) is 20.1. The molecular formula is C12H12N6OS. The van der Waals surface area contributed by atoms with Crippen molar-refractivity contribution in [1.29, 1.82) is 0 Å². The van der Waals surface area contributed by atoms with Crippen molar-refractivity contribution in [2.45, 2.75) is 11.6 Å². The van der Waals surface area contributed by atoms with Gasteiger partial charge < -0.3 is 5.73 Å². The SMILES string of the molecule is Nc1nccnc1SCCn1nc2ccccn2c1=O. The third-order valence-electron chi connectivity index (χ3n) is 2.72. The molecular weight excluding hydrogens is 276 g/mol. The monoisotopic (exact) mass is 288 g/mol. The summed E-state index contributed by atoms with van der Waals surface area (Å²) in [7, 11) is 0. The van der Waals surface area contributed by atoms with Crippen LogP contribution in [0.2, 0.25) is 0 Å². The van der Waals surface area contributed by atoms with Crippen LogP contribution in [-0.2, 0) is 6.54 Å². The molecule has 102 valence electrons. The van der Waals surface area contributed by atoms with Crippen LogP contribution in [0.15, 0.2) is 46.6 Å².